The molecule has 2 N–H and O–H groups in total. The number of hydrogen-bond donors (Lipinski definition) is 2. The lowest BCUT2D eigenvalue weighted by atomic mass is 10.1. The molecule has 2 amide bonds. The van der Waals surface area contributed by atoms with E-state index in [0.29, 0.717) is 13.1 Å². The molecule has 0 aliphatic heterocycles. The van der Waals surface area contributed by atoms with Crippen molar-refractivity contribution in [3.05, 3.63) is 35.9 Å². The van der Waals surface area contributed by atoms with Crippen molar-refractivity contribution in [2.45, 2.75) is 52.0 Å². The molecule has 0 bridgehead atoms. The monoisotopic (exact) mass is 320 g/mol. The highest BCUT2D eigenvalue weighted by Gasteiger charge is 2.23. The lowest BCUT2D eigenvalue weighted by Crippen LogP contribution is -2.49. The molecular weight excluding hydrogens is 292 g/mol. The van der Waals surface area contributed by atoms with E-state index in [1.54, 1.807) is 4.90 Å². The Morgan fingerprint density at radius 1 is 1.09 bits per heavy atom. The summed E-state index contributed by atoms with van der Waals surface area (Å²) in [7, 11) is 0. The zero-order valence-electron chi connectivity index (χ0n) is 14.1. The van der Waals surface area contributed by atoms with Crippen LogP contribution < -0.4 is 5.32 Å². The van der Waals surface area contributed by atoms with Crippen LogP contribution in [0.2, 0.25) is 0 Å². The van der Waals surface area contributed by atoms with Crippen LogP contribution in [0.3, 0.4) is 0 Å². The number of rotatable bonds is 10. The molecule has 1 unspecified atom stereocenters. The summed E-state index contributed by atoms with van der Waals surface area (Å²) in [4.78, 5) is 25.6. The minimum Gasteiger partial charge on any atom is -0.480 e. The number of hydrogen-bond acceptors (Lipinski definition) is 2. The lowest BCUT2D eigenvalue weighted by molar-refractivity contribution is -0.139. The van der Waals surface area contributed by atoms with Crippen molar-refractivity contribution < 1.29 is 14.7 Å². The minimum absolute atomic E-state index is 0.282. The van der Waals surface area contributed by atoms with E-state index in [1.807, 2.05) is 30.3 Å². The van der Waals surface area contributed by atoms with E-state index >= 15 is 0 Å². The summed E-state index contributed by atoms with van der Waals surface area (Å²) in [6, 6.07) is 8.17. The van der Waals surface area contributed by atoms with Crippen molar-refractivity contribution in [1.82, 2.24) is 10.2 Å². The molecule has 1 aromatic carbocycles. The van der Waals surface area contributed by atoms with Gasteiger partial charge in [0.1, 0.15) is 6.04 Å². The van der Waals surface area contributed by atoms with E-state index in [9.17, 15) is 14.7 Å². The Labute approximate surface area is 138 Å². The fourth-order valence-electron chi connectivity index (χ4n) is 2.30. The zero-order chi connectivity index (χ0) is 17.1. The molecule has 23 heavy (non-hydrogen) atoms. The molecule has 0 fully saturated rings. The summed E-state index contributed by atoms with van der Waals surface area (Å²) >= 11 is 0. The third-order valence-corrected chi connectivity index (χ3v) is 3.73. The number of carbonyl (C=O) groups is 2. The predicted octanol–water partition coefficient (Wildman–Crippen LogP) is 3.29. The highest BCUT2D eigenvalue weighted by atomic mass is 16.4. The largest absolute Gasteiger partial charge is 0.480 e. The van der Waals surface area contributed by atoms with Crippen molar-refractivity contribution in [3.8, 4) is 0 Å². The van der Waals surface area contributed by atoms with Gasteiger partial charge in [0.2, 0.25) is 0 Å². The van der Waals surface area contributed by atoms with E-state index in [4.69, 9.17) is 0 Å². The fourth-order valence-corrected chi connectivity index (χ4v) is 2.30. The normalized spacial score (nSPS) is 11.7. The average molecular weight is 320 g/mol. The second-order valence-electron chi connectivity index (χ2n) is 5.72. The lowest BCUT2D eigenvalue weighted by Gasteiger charge is -2.25. The molecule has 1 aromatic rings. The van der Waals surface area contributed by atoms with Crippen molar-refractivity contribution in [1.29, 1.82) is 0 Å². The summed E-state index contributed by atoms with van der Waals surface area (Å²) in [5.41, 5.74) is 0.897. The van der Waals surface area contributed by atoms with Gasteiger partial charge < -0.3 is 15.3 Å². The van der Waals surface area contributed by atoms with Gasteiger partial charge in [-0.05, 0) is 18.4 Å². The maximum atomic E-state index is 12.4. The summed E-state index contributed by atoms with van der Waals surface area (Å²) in [6.07, 6.45) is 4.14. The molecule has 0 aliphatic carbocycles. The van der Waals surface area contributed by atoms with Crippen molar-refractivity contribution in [3.63, 3.8) is 0 Å². The van der Waals surface area contributed by atoms with E-state index in [2.05, 4.69) is 19.2 Å². The van der Waals surface area contributed by atoms with E-state index < -0.39 is 12.0 Å². The Morgan fingerprint density at radius 3 is 2.13 bits per heavy atom. The Bertz CT molecular complexity index is 468. The van der Waals surface area contributed by atoms with Crippen LogP contribution in [0, 0.1) is 0 Å². The molecule has 5 nitrogen and oxygen atoms in total. The number of carbonyl (C=O) groups excluding carboxylic acids is 1. The van der Waals surface area contributed by atoms with Crippen LogP contribution in [-0.2, 0) is 11.2 Å². The topological polar surface area (TPSA) is 69.6 Å². The highest BCUT2D eigenvalue weighted by molar-refractivity contribution is 5.82. The third-order valence-electron chi connectivity index (χ3n) is 3.73. The van der Waals surface area contributed by atoms with Crippen LogP contribution in [-0.4, -0.2) is 41.1 Å². The van der Waals surface area contributed by atoms with Crippen LogP contribution in [0.5, 0.6) is 0 Å². The number of nitrogens with zero attached hydrogens (tertiary/aromatic N) is 1. The van der Waals surface area contributed by atoms with Gasteiger partial charge in [-0.15, -0.1) is 0 Å². The Kier molecular flexibility index (Phi) is 8.80. The number of benzene rings is 1. The van der Waals surface area contributed by atoms with Gasteiger partial charge in [0.05, 0.1) is 0 Å². The van der Waals surface area contributed by atoms with Crippen LogP contribution >= 0.6 is 0 Å². The molecule has 128 valence electrons. The van der Waals surface area contributed by atoms with Gasteiger partial charge in [-0.25, -0.2) is 9.59 Å². The minimum atomic E-state index is -1.01. The molecular formula is C18H28N2O3. The molecule has 0 heterocycles. The molecule has 0 radical (unpaired) electrons. The Morgan fingerprint density at radius 2 is 1.65 bits per heavy atom. The first kappa shape index (κ1) is 19.0. The number of carboxylic acids is 1. The van der Waals surface area contributed by atoms with Gasteiger partial charge in [0.25, 0.3) is 0 Å². The number of aliphatic carboxylic acids is 1. The molecule has 0 aromatic heterocycles. The van der Waals surface area contributed by atoms with Gasteiger partial charge in [-0.2, -0.15) is 0 Å². The number of unbranched alkanes of at least 4 members (excludes halogenated alkanes) is 2. The summed E-state index contributed by atoms with van der Waals surface area (Å²) in [5, 5.41) is 12.1. The number of carboxylic acid groups (broad SMARTS) is 1. The smallest absolute Gasteiger partial charge is 0.326 e. The van der Waals surface area contributed by atoms with E-state index in [1.165, 1.54) is 0 Å². The first-order valence-electron chi connectivity index (χ1n) is 8.40. The highest BCUT2D eigenvalue weighted by Crippen LogP contribution is 2.06. The van der Waals surface area contributed by atoms with Crippen LogP contribution in [0.1, 0.15) is 45.1 Å². The van der Waals surface area contributed by atoms with Gasteiger partial charge in [0, 0.05) is 19.5 Å². The standard InChI is InChI=1S/C18H28N2O3/c1-3-5-12-20(13-6-4-2)18(23)19-16(17(21)22)14-15-10-8-7-9-11-15/h7-11,16H,3-6,12-14H2,1-2H3,(H,19,23)(H,21,22). The van der Waals surface area contributed by atoms with Gasteiger partial charge in [-0.3, -0.25) is 0 Å². The second kappa shape index (κ2) is 10.6. The van der Waals surface area contributed by atoms with E-state index in [0.717, 1.165) is 31.2 Å². The summed E-state index contributed by atoms with van der Waals surface area (Å²) < 4.78 is 0. The quantitative estimate of drug-likeness (QED) is 0.695. The number of urea groups is 1. The van der Waals surface area contributed by atoms with Crippen LogP contribution in [0.25, 0.3) is 0 Å². The summed E-state index contributed by atoms with van der Waals surface area (Å²) in [5.74, 6) is -1.01. The fraction of sp³-hybridized carbons (Fsp3) is 0.556. The van der Waals surface area contributed by atoms with Crippen molar-refractivity contribution in [2.75, 3.05) is 13.1 Å². The predicted molar refractivity (Wildman–Crippen MR) is 91.5 cm³/mol. The molecule has 0 aliphatic rings. The number of nitrogens with one attached hydrogen (secondary N) is 1. The third kappa shape index (κ3) is 7.17. The number of amides is 2. The first-order chi connectivity index (χ1) is 11.1. The average Bonchev–Trinajstić information content (AvgIpc) is 2.55. The Hall–Kier alpha value is -2.04. The summed E-state index contributed by atoms with van der Waals surface area (Å²) in [6.45, 7) is 5.48. The van der Waals surface area contributed by atoms with Crippen LogP contribution in [0.15, 0.2) is 30.3 Å². The molecule has 1 rings (SSSR count). The van der Waals surface area contributed by atoms with Crippen molar-refractivity contribution >= 4 is 12.0 Å². The van der Waals surface area contributed by atoms with Gasteiger partial charge >= 0.3 is 12.0 Å². The van der Waals surface area contributed by atoms with Crippen LogP contribution in [0.4, 0.5) is 4.79 Å². The zero-order valence-corrected chi connectivity index (χ0v) is 14.1. The maximum Gasteiger partial charge on any atom is 0.326 e. The molecule has 0 saturated carbocycles. The molecule has 1 atom stereocenters. The van der Waals surface area contributed by atoms with Gasteiger partial charge in [-0.1, -0.05) is 57.0 Å². The SMILES string of the molecule is CCCCN(CCCC)C(=O)NC(Cc1ccccc1)C(=O)O. The van der Waals surface area contributed by atoms with Crippen molar-refractivity contribution in [2.24, 2.45) is 0 Å². The molecule has 0 saturated heterocycles. The molecule has 0 spiro atoms. The Balaban J connectivity index is 2.68. The van der Waals surface area contributed by atoms with E-state index in [-0.39, 0.29) is 12.5 Å². The molecule has 5 heteroatoms. The van der Waals surface area contributed by atoms with Gasteiger partial charge in [0.15, 0.2) is 0 Å². The first-order valence-corrected chi connectivity index (χ1v) is 8.40. The second-order valence-corrected chi connectivity index (χ2v) is 5.72. The maximum absolute atomic E-state index is 12.4.